The number of sulfone groups is 3. The quantitative estimate of drug-likeness (QED) is 0.259. The predicted octanol–water partition coefficient (Wildman–Crippen LogP) is -2.29. The second-order valence-corrected chi connectivity index (χ2v) is 9.32. The van der Waals surface area contributed by atoms with Crippen LogP contribution in [0.4, 0.5) is 39.5 Å². The van der Waals surface area contributed by atoms with Crippen molar-refractivity contribution in [3.05, 3.63) is 0 Å². The van der Waals surface area contributed by atoms with Gasteiger partial charge in [-0.25, -0.2) is 25.3 Å². The molecule has 0 atom stereocenters. The normalized spacial score (nSPS) is 13.3. The van der Waals surface area contributed by atoms with Crippen molar-refractivity contribution in [1.82, 2.24) is 0 Å². The topological polar surface area (TPSA) is 172 Å². The van der Waals surface area contributed by atoms with Gasteiger partial charge in [0, 0.05) is 0 Å². The molecule has 0 aromatic rings. The molecule has 0 spiro atoms. The van der Waals surface area contributed by atoms with Crippen molar-refractivity contribution < 1.29 is 99.6 Å². The Morgan fingerprint density at radius 3 is 0.571 bits per heavy atom. The third-order valence-electron chi connectivity index (χ3n) is 1.52. The Balaban J connectivity index is -0.000000152. The van der Waals surface area contributed by atoms with E-state index in [2.05, 4.69) is 0 Å². The van der Waals surface area contributed by atoms with Gasteiger partial charge in [0.25, 0.3) is 0 Å². The van der Waals surface area contributed by atoms with Crippen LogP contribution in [0.5, 0.6) is 0 Å². The number of alkyl halides is 9. The molecule has 0 fully saturated rings. The minimum Gasteiger partial charge on any atom is -0.843 e. The van der Waals surface area contributed by atoms with Gasteiger partial charge in [-0.1, -0.05) is 0 Å². The molecule has 0 aromatic heterocycles. The second-order valence-electron chi connectivity index (χ2n) is 3.54. The van der Waals surface area contributed by atoms with Gasteiger partial charge in [0.15, 0.2) is 0 Å². The van der Waals surface area contributed by atoms with Crippen LogP contribution in [-0.2, 0) is 49.0 Å². The van der Waals surface area contributed by atoms with Crippen molar-refractivity contribution in [2.75, 3.05) is 17.8 Å². The average molecular weight is 590 g/mol. The molecule has 0 saturated heterocycles. The summed E-state index contributed by atoms with van der Waals surface area (Å²) in [7, 11) is -16.2. The monoisotopic (exact) mass is 591 g/mol. The van der Waals surface area contributed by atoms with Gasteiger partial charge in [0.2, 0.25) is 29.5 Å². The summed E-state index contributed by atoms with van der Waals surface area (Å²) in [5.74, 6) is -6.43. The molecule has 9 nitrogen and oxygen atoms in total. The summed E-state index contributed by atoms with van der Waals surface area (Å²) < 4.78 is 157. The van der Waals surface area contributed by atoms with Crippen molar-refractivity contribution in [3.8, 4) is 0 Å². The number of halogens is 9. The van der Waals surface area contributed by atoms with Crippen LogP contribution >= 0.6 is 0 Å². The molecule has 0 aliphatic rings. The minimum absolute atomic E-state index is 0. The first-order valence-electron chi connectivity index (χ1n) is 5.05. The molecule has 22 heteroatoms. The van der Waals surface area contributed by atoms with Gasteiger partial charge in [-0.15, -0.1) is 0 Å². The van der Waals surface area contributed by atoms with Gasteiger partial charge < -0.3 is 15.3 Å². The van der Waals surface area contributed by atoms with E-state index in [4.69, 9.17) is 0 Å². The summed E-state index contributed by atoms with van der Waals surface area (Å²) in [6, 6.07) is 0. The molecule has 0 saturated carbocycles. The zero-order valence-corrected chi connectivity index (χ0v) is 16.5. The summed E-state index contributed by atoms with van der Waals surface area (Å²) >= 11 is 0. The molecule has 0 amide bonds. The smallest absolute Gasteiger partial charge is 0.843 e. The fourth-order valence-electron chi connectivity index (χ4n) is 0.200. The number of hydrogen-bond donors (Lipinski definition) is 0. The molecule has 1 radical (unpaired) electrons. The van der Waals surface area contributed by atoms with Crippen LogP contribution < -0.4 is 15.3 Å². The summed E-state index contributed by atoms with van der Waals surface area (Å²) in [6.45, 7) is 0. The molecule has 0 unspecified atom stereocenters. The number of rotatable bonds is 3. The Kier molecular flexibility index (Phi) is 14.8. The van der Waals surface area contributed by atoms with Gasteiger partial charge in [0.05, 0.1) is 0 Å². The fourth-order valence-corrected chi connectivity index (χ4v) is 0.601. The van der Waals surface area contributed by atoms with Gasteiger partial charge in [0.1, 0.15) is 0 Å². The van der Waals surface area contributed by atoms with E-state index < -0.39 is 63.9 Å². The molecule has 28 heavy (non-hydrogen) atoms. The summed E-state index contributed by atoms with van der Waals surface area (Å²) in [5.41, 5.74) is -16.2. The molecule has 173 valence electrons. The zero-order valence-electron chi connectivity index (χ0n) is 12.3. The maximum atomic E-state index is 11.0. The molecule has 0 aromatic carbocycles. The van der Waals surface area contributed by atoms with E-state index >= 15 is 0 Å². The standard InChI is InChI=1S/3C2H2F3O3S.Ru/c3*3-2(4,5)9(7,8)1-6;/h3*1H2;/q3*-1;+3. The van der Waals surface area contributed by atoms with Crippen molar-refractivity contribution in [2.24, 2.45) is 0 Å². The minimum atomic E-state index is -5.39. The molecule has 0 bridgehead atoms. The second kappa shape index (κ2) is 11.8. The number of hydrogen-bond acceptors (Lipinski definition) is 9. The van der Waals surface area contributed by atoms with E-state index in [1.807, 2.05) is 0 Å². The van der Waals surface area contributed by atoms with Gasteiger partial charge in [-0.05, 0) is 17.8 Å². The van der Waals surface area contributed by atoms with Crippen LogP contribution in [0.2, 0.25) is 0 Å². The largest absolute Gasteiger partial charge is 3.00 e. The Morgan fingerprint density at radius 1 is 0.464 bits per heavy atom. The third-order valence-corrected chi connectivity index (χ3v) is 4.57. The molecule has 0 heterocycles. The SMILES string of the molecule is O=S(=O)(C[O-])C(F)(F)F.O=S(=O)(C[O-])C(F)(F)F.O=S(=O)(C[O-])C(F)(F)F.[Ru+3]. The molecular weight excluding hydrogens is 584 g/mol. The van der Waals surface area contributed by atoms with Crippen LogP contribution in [0.15, 0.2) is 0 Å². The van der Waals surface area contributed by atoms with Gasteiger partial charge in [-0.2, -0.15) is 39.5 Å². The van der Waals surface area contributed by atoms with Gasteiger partial charge in [-0.3, -0.25) is 0 Å². The van der Waals surface area contributed by atoms with Crippen LogP contribution in [0.25, 0.3) is 0 Å². The first-order valence-corrected chi connectivity index (χ1v) is 10.0. The van der Waals surface area contributed by atoms with E-state index in [0.29, 0.717) is 0 Å². The van der Waals surface area contributed by atoms with Crippen LogP contribution in [0, 0.1) is 0 Å². The Morgan fingerprint density at radius 2 is 0.571 bits per heavy atom. The van der Waals surface area contributed by atoms with E-state index in [9.17, 15) is 80.1 Å². The van der Waals surface area contributed by atoms with E-state index in [1.54, 1.807) is 0 Å². The zero-order chi connectivity index (χ0) is 23.1. The Labute approximate surface area is 163 Å². The van der Waals surface area contributed by atoms with Crippen molar-refractivity contribution in [2.45, 2.75) is 16.5 Å². The molecule has 0 aliphatic carbocycles. The third kappa shape index (κ3) is 12.3. The first kappa shape index (κ1) is 35.2. The van der Waals surface area contributed by atoms with Crippen molar-refractivity contribution in [1.29, 1.82) is 0 Å². The van der Waals surface area contributed by atoms with Crippen LogP contribution in [0.1, 0.15) is 0 Å². The van der Waals surface area contributed by atoms with Crippen LogP contribution in [-0.4, -0.2) is 59.6 Å². The maximum absolute atomic E-state index is 11.0. The van der Waals surface area contributed by atoms with E-state index in [0.717, 1.165) is 0 Å². The Bertz CT molecular complexity index is 644. The predicted molar refractivity (Wildman–Crippen MR) is 59.5 cm³/mol. The summed E-state index contributed by atoms with van der Waals surface area (Å²) in [4.78, 5) is 0. The molecule has 0 aliphatic heterocycles. The average Bonchev–Trinajstić information content (AvgIpc) is 2.45. The maximum Gasteiger partial charge on any atom is 3.00 e. The summed E-state index contributed by atoms with van der Waals surface area (Å²) in [6.07, 6.45) is 0. The molecule has 0 N–H and O–H groups in total. The fraction of sp³-hybridized carbons (Fsp3) is 1.00. The van der Waals surface area contributed by atoms with Crippen molar-refractivity contribution in [3.63, 3.8) is 0 Å². The molecular formula is C6H6F9O9RuS3. The van der Waals surface area contributed by atoms with Crippen molar-refractivity contribution >= 4 is 29.5 Å². The van der Waals surface area contributed by atoms with E-state index in [1.165, 1.54) is 0 Å². The summed E-state index contributed by atoms with van der Waals surface area (Å²) in [5, 5.41) is 27.9. The van der Waals surface area contributed by atoms with Gasteiger partial charge >= 0.3 is 36.0 Å². The van der Waals surface area contributed by atoms with E-state index in [-0.39, 0.29) is 19.5 Å². The van der Waals surface area contributed by atoms with Crippen LogP contribution in [0.3, 0.4) is 0 Å². The molecule has 0 rings (SSSR count). The first-order chi connectivity index (χ1) is 11.4. The Hall–Kier alpha value is -0.277.